The van der Waals surface area contributed by atoms with E-state index >= 15 is 0 Å². The molecule has 156 valence electrons. The van der Waals surface area contributed by atoms with Crippen LogP contribution in [0.4, 0.5) is 11.6 Å². The van der Waals surface area contributed by atoms with Gasteiger partial charge in [0.1, 0.15) is 0 Å². The molecule has 0 bridgehead atoms. The van der Waals surface area contributed by atoms with Crippen molar-refractivity contribution in [2.75, 3.05) is 36.4 Å². The molecular weight excluding hydrogens is 358 g/mol. The van der Waals surface area contributed by atoms with Crippen molar-refractivity contribution in [2.45, 2.75) is 52.6 Å². The minimum Gasteiger partial charge on any atom is -0.381 e. The van der Waals surface area contributed by atoms with Crippen molar-refractivity contribution in [2.24, 2.45) is 11.8 Å². The highest BCUT2D eigenvalue weighted by molar-refractivity contribution is 5.45. The van der Waals surface area contributed by atoms with Gasteiger partial charge in [-0.1, -0.05) is 26.0 Å². The Hall–Kier alpha value is -2.14. The Balaban J connectivity index is 1.24. The van der Waals surface area contributed by atoms with Gasteiger partial charge in [-0.3, -0.25) is 4.90 Å². The van der Waals surface area contributed by atoms with E-state index in [1.165, 1.54) is 44.3 Å². The van der Waals surface area contributed by atoms with Gasteiger partial charge in [0.05, 0.1) is 0 Å². The highest BCUT2D eigenvalue weighted by Gasteiger charge is 2.18. The Labute approximate surface area is 175 Å². The van der Waals surface area contributed by atoms with Crippen LogP contribution in [0.2, 0.25) is 0 Å². The largest absolute Gasteiger partial charge is 0.381 e. The van der Waals surface area contributed by atoms with Crippen molar-refractivity contribution in [3.63, 3.8) is 0 Å². The van der Waals surface area contributed by atoms with E-state index in [4.69, 9.17) is 0 Å². The second-order valence-corrected chi connectivity index (χ2v) is 9.07. The maximum absolute atomic E-state index is 4.59. The molecule has 1 N–H and O–H groups in total. The maximum Gasteiger partial charge on any atom is 0.225 e. The fourth-order valence-electron chi connectivity index (χ4n) is 4.22. The Bertz CT molecular complexity index is 742. The summed E-state index contributed by atoms with van der Waals surface area (Å²) < 4.78 is 0. The summed E-state index contributed by atoms with van der Waals surface area (Å²) in [4.78, 5) is 14.1. The van der Waals surface area contributed by atoms with Crippen LogP contribution in [0.15, 0.2) is 36.7 Å². The maximum atomic E-state index is 4.59. The molecular formula is C24H35N5. The first-order valence-corrected chi connectivity index (χ1v) is 11.3. The Morgan fingerprint density at radius 1 is 0.828 bits per heavy atom. The summed E-state index contributed by atoms with van der Waals surface area (Å²) in [6.45, 7) is 11.1. The van der Waals surface area contributed by atoms with Gasteiger partial charge in [0.15, 0.2) is 0 Å². The average Bonchev–Trinajstić information content (AvgIpc) is 2.76. The third kappa shape index (κ3) is 5.69. The summed E-state index contributed by atoms with van der Waals surface area (Å²) in [6.07, 6.45) is 9.05. The second kappa shape index (κ2) is 9.57. The molecule has 3 heterocycles. The topological polar surface area (TPSA) is 44.3 Å². The summed E-state index contributed by atoms with van der Waals surface area (Å²) in [5.41, 5.74) is 3.66. The van der Waals surface area contributed by atoms with Crippen LogP contribution in [0.5, 0.6) is 0 Å². The second-order valence-electron chi connectivity index (χ2n) is 9.07. The summed E-state index contributed by atoms with van der Waals surface area (Å²) in [5, 5.41) is 3.50. The van der Waals surface area contributed by atoms with Gasteiger partial charge in [-0.25, -0.2) is 9.97 Å². The summed E-state index contributed by atoms with van der Waals surface area (Å²) in [6, 6.07) is 8.87. The molecule has 2 aliphatic rings. The van der Waals surface area contributed by atoms with E-state index in [9.17, 15) is 0 Å². The van der Waals surface area contributed by atoms with Gasteiger partial charge in [0.2, 0.25) is 5.95 Å². The molecule has 0 saturated carbocycles. The van der Waals surface area contributed by atoms with Gasteiger partial charge in [-0.15, -0.1) is 0 Å². The van der Waals surface area contributed by atoms with E-state index < -0.39 is 0 Å². The van der Waals surface area contributed by atoms with Crippen molar-refractivity contribution in [1.29, 1.82) is 0 Å². The van der Waals surface area contributed by atoms with Gasteiger partial charge in [0.25, 0.3) is 0 Å². The average molecular weight is 394 g/mol. The third-order valence-electron chi connectivity index (χ3n) is 6.49. The molecule has 5 nitrogen and oxygen atoms in total. The predicted molar refractivity (Wildman–Crippen MR) is 120 cm³/mol. The number of likely N-dealkylation sites (tertiary alicyclic amines) is 1. The van der Waals surface area contributed by atoms with E-state index in [1.807, 2.05) is 12.4 Å². The lowest BCUT2D eigenvalue weighted by Crippen LogP contribution is -2.34. The molecule has 29 heavy (non-hydrogen) atoms. The fraction of sp³-hybridized carbons (Fsp3) is 0.583. The zero-order chi connectivity index (χ0) is 20.1. The molecule has 0 aliphatic carbocycles. The molecule has 4 rings (SSSR count). The smallest absolute Gasteiger partial charge is 0.225 e. The molecule has 0 atom stereocenters. The Kier molecular flexibility index (Phi) is 6.65. The molecule has 1 aromatic carbocycles. The minimum atomic E-state index is 0.751. The van der Waals surface area contributed by atoms with Crippen molar-refractivity contribution in [3.05, 3.63) is 47.8 Å². The first-order valence-electron chi connectivity index (χ1n) is 11.3. The predicted octanol–water partition coefficient (Wildman–Crippen LogP) is 4.56. The molecule has 2 saturated heterocycles. The van der Waals surface area contributed by atoms with Gasteiger partial charge in [0, 0.05) is 49.8 Å². The van der Waals surface area contributed by atoms with E-state index in [0.29, 0.717) is 0 Å². The van der Waals surface area contributed by atoms with Crippen molar-refractivity contribution >= 4 is 11.6 Å². The number of benzene rings is 1. The van der Waals surface area contributed by atoms with E-state index in [2.05, 4.69) is 63.2 Å². The molecule has 2 fully saturated rings. The molecule has 0 amide bonds. The van der Waals surface area contributed by atoms with Crippen LogP contribution in [0, 0.1) is 11.8 Å². The number of nitrogens with zero attached hydrogens (tertiary/aromatic N) is 4. The molecule has 0 spiro atoms. The van der Waals surface area contributed by atoms with Gasteiger partial charge in [-0.2, -0.15) is 0 Å². The van der Waals surface area contributed by atoms with Crippen LogP contribution < -0.4 is 10.2 Å². The number of nitrogens with one attached hydrogen (secondary N) is 1. The van der Waals surface area contributed by atoms with Gasteiger partial charge < -0.3 is 10.2 Å². The molecule has 2 aliphatic heterocycles. The van der Waals surface area contributed by atoms with Crippen LogP contribution >= 0.6 is 0 Å². The van der Waals surface area contributed by atoms with Crippen LogP contribution in [-0.2, 0) is 13.1 Å². The standard InChI is InChI=1S/C24H35N5/c1-19-7-11-28(12-8-19)18-21-3-5-23(6-4-21)25-15-22-16-26-24(27-17-22)29-13-9-20(2)10-14-29/h3-6,16-17,19-20,25H,7-15,18H2,1-2H3. The quantitative estimate of drug-likeness (QED) is 0.780. The van der Waals surface area contributed by atoms with Crippen molar-refractivity contribution in [3.8, 4) is 0 Å². The summed E-state index contributed by atoms with van der Waals surface area (Å²) in [5.74, 6) is 2.58. The Morgan fingerprint density at radius 3 is 2.03 bits per heavy atom. The lowest BCUT2D eigenvalue weighted by atomic mass is 9.99. The lowest BCUT2D eigenvalue weighted by molar-refractivity contribution is 0.185. The zero-order valence-electron chi connectivity index (χ0n) is 18.0. The number of piperidine rings is 2. The zero-order valence-corrected chi connectivity index (χ0v) is 18.0. The highest BCUT2D eigenvalue weighted by atomic mass is 15.2. The van der Waals surface area contributed by atoms with Gasteiger partial charge >= 0.3 is 0 Å². The highest BCUT2D eigenvalue weighted by Crippen LogP contribution is 2.21. The van der Waals surface area contributed by atoms with E-state index in [1.54, 1.807) is 0 Å². The minimum absolute atomic E-state index is 0.751. The fourth-order valence-corrected chi connectivity index (χ4v) is 4.22. The normalized spacial score (nSPS) is 19.4. The third-order valence-corrected chi connectivity index (χ3v) is 6.49. The molecule has 5 heteroatoms. The van der Waals surface area contributed by atoms with Crippen LogP contribution in [0.25, 0.3) is 0 Å². The first kappa shape index (κ1) is 20.1. The monoisotopic (exact) mass is 393 g/mol. The number of rotatable bonds is 6. The first-order chi connectivity index (χ1) is 14.2. The summed E-state index contributed by atoms with van der Waals surface area (Å²) in [7, 11) is 0. The Morgan fingerprint density at radius 2 is 1.41 bits per heavy atom. The van der Waals surface area contributed by atoms with Crippen LogP contribution in [0.3, 0.4) is 0 Å². The summed E-state index contributed by atoms with van der Waals surface area (Å²) >= 11 is 0. The SMILES string of the molecule is CC1CCN(Cc2ccc(NCc3cnc(N4CCC(C)CC4)nc3)cc2)CC1. The lowest BCUT2D eigenvalue weighted by Gasteiger charge is -2.30. The van der Waals surface area contributed by atoms with E-state index in [0.717, 1.165) is 55.2 Å². The van der Waals surface area contributed by atoms with Crippen LogP contribution in [0.1, 0.15) is 50.7 Å². The number of aromatic nitrogens is 2. The molecule has 2 aromatic rings. The molecule has 0 radical (unpaired) electrons. The van der Waals surface area contributed by atoms with E-state index in [-0.39, 0.29) is 0 Å². The van der Waals surface area contributed by atoms with Crippen molar-refractivity contribution in [1.82, 2.24) is 14.9 Å². The number of hydrogen-bond acceptors (Lipinski definition) is 5. The van der Waals surface area contributed by atoms with Crippen LogP contribution in [-0.4, -0.2) is 41.0 Å². The number of hydrogen-bond donors (Lipinski definition) is 1. The molecule has 1 aromatic heterocycles. The van der Waals surface area contributed by atoms with Gasteiger partial charge in [-0.05, 0) is 68.3 Å². The molecule has 0 unspecified atom stereocenters. The number of anilines is 2. The van der Waals surface area contributed by atoms with Crippen molar-refractivity contribution < 1.29 is 0 Å².